The third-order valence-electron chi connectivity index (χ3n) is 4.81. The largest absolute Gasteiger partial charge is 0.328 e. The van der Waals surface area contributed by atoms with Gasteiger partial charge < -0.3 is 5.73 Å². The lowest BCUT2D eigenvalue weighted by Gasteiger charge is -2.34. The van der Waals surface area contributed by atoms with Crippen molar-refractivity contribution in [1.82, 2.24) is 9.80 Å². The summed E-state index contributed by atoms with van der Waals surface area (Å²) in [6.07, 6.45) is 8.18. The summed E-state index contributed by atoms with van der Waals surface area (Å²) in [6.45, 7) is 5.90. The zero-order valence-corrected chi connectivity index (χ0v) is 12.8. The Balaban J connectivity index is 1.43. The van der Waals surface area contributed by atoms with Gasteiger partial charge in [0.25, 0.3) is 0 Å². The van der Waals surface area contributed by atoms with E-state index in [0.717, 1.165) is 12.6 Å². The summed E-state index contributed by atoms with van der Waals surface area (Å²) < 4.78 is 0. The Morgan fingerprint density at radius 2 is 1.81 bits per heavy atom. The van der Waals surface area contributed by atoms with E-state index in [9.17, 15) is 0 Å². The minimum Gasteiger partial charge on any atom is -0.328 e. The van der Waals surface area contributed by atoms with Gasteiger partial charge in [0.05, 0.1) is 0 Å². The molecular formula is C18H27N3. The molecule has 2 saturated heterocycles. The van der Waals surface area contributed by atoms with Crippen LogP contribution in [0.2, 0.25) is 0 Å². The summed E-state index contributed by atoms with van der Waals surface area (Å²) in [5.74, 6) is 0. The van der Waals surface area contributed by atoms with E-state index in [-0.39, 0.29) is 0 Å². The molecule has 2 aliphatic heterocycles. The van der Waals surface area contributed by atoms with E-state index < -0.39 is 0 Å². The van der Waals surface area contributed by atoms with Crippen LogP contribution in [0.25, 0.3) is 6.08 Å². The number of nitrogens with two attached hydrogens (primary N) is 1. The van der Waals surface area contributed by atoms with Crippen molar-refractivity contribution < 1.29 is 0 Å². The van der Waals surface area contributed by atoms with E-state index in [1.54, 1.807) is 0 Å². The molecule has 0 saturated carbocycles. The molecule has 0 radical (unpaired) electrons. The average molecular weight is 285 g/mol. The molecule has 2 heterocycles. The molecule has 2 fully saturated rings. The monoisotopic (exact) mass is 285 g/mol. The molecule has 3 rings (SSSR count). The number of benzene rings is 1. The van der Waals surface area contributed by atoms with E-state index in [1.165, 1.54) is 51.0 Å². The van der Waals surface area contributed by atoms with Gasteiger partial charge in [0.15, 0.2) is 0 Å². The molecule has 1 unspecified atom stereocenters. The highest BCUT2D eigenvalue weighted by atomic mass is 15.3. The SMILES string of the molecule is NC1CCN(C2CCN(C/C=C/c3ccccc3)C2)CC1. The molecule has 3 heteroatoms. The summed E-state index contributed by atoms with van der Waals surface area (Å²) in [5.41, 5.74) is 7.29. The number of likely N-dealkylation sites (tertiary alicyclic amines) is 2. The minimum absolute atomic E-state index is 0.438. The van der Waals surface area contributed by atoms with Gasteiger partial charge in [-0.3, -0.25) is 9.80 Å². The second-order valence-electron chi connectivity index (χ2n) is 6.39. The molecule has 1 aromatic rings. The van der Waals surface area contributed by atoms with Crippen LogP contribution in [0.15, 0.2) is 36.4 Å². The highest BCUT2D eigenvalue weighted by molar-refractivity contribution is 5.48. The topological polar surface area (TPSA) is 32.5 Å². The number of hydrogen-bond acceptors (Lipinski definition) is 3. The third kappa shape index (κ3) is 4.16. The number of hydrogen-bond donors (Lipinski definition) is 1. The van der Waals surface area contributed by atoms with Gasteiger partial charge in [-0.2, -0.15) is 0 Å². The zero-order chi connectivity index (χ0) is 14.5. The first kappa shape index (κ1) is 14.8. The molecule has 21 heavy (non-hydrogen) atoms. The van der Waals surface area contributed by atoms with Gasteiger partial charge in [-0.15, -0.1) is 0 Å². The van der Waals surface area contributed by atoms with Crippen molar-refractivity contribution in [3.05, 3.63) is 42.0 Å². The summed E-state index contributed by atoms with van der Waals surface area (Å²) >= 11 is 0. The molecule has 0 aromatic heterocycles. The van der Waals surface area contributed by atoms with Gasteiger partial charge >= 0.3 is 0 Å². The zero-order valence-electron chi connectivity index (χ0n) is 12.8. The van der Waals surface area contributed by atoms with Crippen LogP contribution in [0.3, 0.4) is 0 Å². The van der Waals surface area contributed by atoms with Gasteiger partial charge in [-0.25, -0.2) is 0 Å². The van der Waals surface area contributed by atoms with Gasteiger partial charge in [-0.1, -0.05) is 42.5 Å². The van der Waals surface area contributed by atoms with Crippen LogP contribution >= 0.6 is 0 Å². The number of rotatable bonds is 4. The van der Waals surface area contributed by atoms with Crippen molar-refractivity contribution in [2.75, 3.05) is 32.7 Å². The predicted octanol–water partition coefficient (Wildman–Crippen LogP) is 2.20. The van der Waals surface area contributed by atoms with E-state index in [4.69, 9.17) is 5.73 Å². The van der Waals surface area contributed by atoms with Crippen molar-refractivity contribution in [3.8, 4) is 0 Å². The van der Waals surface area contributed by atoms with Crippen molar-refractivity contribution in [3.63, 3.8) is 0 Å². The second kappa shape index (κ2) is 7.21. The Morgan fingerprint density at radius 1 is 1.05 bits per heavy atom. The van der Waals surface area contributed by atoms with Crippen LogP contribution in [0, 0.1) is 0 Å². The Morgan fingerprint density at radius 3 is 2.57 bits per heavy atom. The lowest BCUT2D eigenvalue weighted by Crippen LogP contribution is -2.46. The van der Waals surface area contributed by atoms with Crippen molar-refractivity contribution in [2.24, 2.45) is 5.73 Å². The molecular weight excluding hydrogens is 258 g/mol. The lowest BCUT2D eigenvalue weighted by atomic mass is 10.0. The first-order valence-corrected chi connectivity index (χ1v) is 8.25. The van der Waals surface area contributed by atoms with Gasteiger partial charge in [0.2, 0.25) is 0 Å². The van der Waals surface area contributed by atoms with Crippen molar-refractivity contribution >= 4 is 6.08 Å². The summed E-state index contributed by atoms with van der Waals surface area (Å²) in [4.78, 5) is 5.23. The smallest absolute Gasteiger partial charge is 0.0235 e. The van der Waals surface area contributed by atoms with Crippen LogP contribution in [0.1, 0.15) is 24.8 Å². The Bertz CT molecular complexity index is 449. The van der Waals surface area contributed by atoms with E-state index >= 15 is 0 Å². The molecule has 0 amide bonds. The van der Waals surface area contributed by atoms with Gasteiger partial charge in [0, 0.05) is 31.7 Å². The molecule has 2 aliphatic rings. The van der Waals surface area contributed by atoms with Gasteiger partial charge in [0.1, 0.15) is 0 Å². The Hall–Kier alpha value is -1.16. The van der Waals surface area contributed by atoms with Gasteiger partial charge in [-0.05, 0) is 37.9 Å². The fourth-order valence-corrected chi connectivity index (χ4v) is 3.46. The molecule has 2 N–H and O–H groups in total. The fourth-order valence-electron chi connectivity index (χ4n) is 3.46. The molecule has 0 bridgehead atoms. The van der Waals surface area contributed by atoms with E-state index in [1.807, 2.05) is 0 Å². The van der Waals surface area contributed by atoms with Crippen LogP contribution in [0.5, 0.6) is 0 Å². The maximum absolute atomic E-state index is 6.00. The molecule has 3 nitrogen and oxygen atoms in total. The Labute approximate surface area is 128 Å². The molecule has 1 atom stereocenters. The van der Waals surface area contributed by atoms with Crippen LogP contribution in [0.4, 0.5) is 0 Å². The minimum atomic E-state index is 0.438. The maximum atomic E-state index is 6.00. The first-order chi connectivity index (χ1) is 10.3. The average Bonchev–Trinajstić information content (AvgIpc) is 2.98. The Kier molecular flexibility index (Phi) is 5.07. The maximum Gasteiger partial charge on any atom is 0.0235 e. The highest BCUT2D eigenvalue weighted by Gasteiger charge is 2.29. The molecule has 0 aliphatic carbocycles. The summed E-state index contributed by atoms with van der Waals surface area (Å²) in [7, 11) is 0. The number of piperidine rings is 1. The predicted molar refractivity (Wildman–Crippen MR) is 89.1 cm³/mol. The lowest BCUT2D eigenvalue weighted by molar-refractivity contribution is 0.154. The normalized spacial score (nSPS) is 25.9. The quantitative estimate of drug-likeness (QED) is 0.920. The van der Waals surface area contributed by atoms with Crippen LogP contribution < -0.4 is 5.73 Å². The van der Waals surface area contributed by atoms with Crippen LogP contribution in [-0.4, -0.2) is 54.6 Å². The van der Waals surface area contributed by atoms with Crippen LogP contribution in [-0.2, 0) is 0 Å². The van der Waals surface area contributed by atoms with E-state index in [2.05, 4.69) is 52.3 Å². The summed E-state index contributed by atoms with van der Waals surface area (Å²) in [5, 5.41) is 0. The second-order valence-corrected chi connectivity index (χ2v) is 6.39. The van der Waals surface area contributed by atoms with E-state index in [0.29, 0.717) is 6.04 Å². The number of nitrogens with zero attached hydrogens (tertiary/aromatic N) is 2. The third-order valence-corrected chi connectivity index (χ3v) is 4.81. The molecule has 0 spiro atoms. The fraction of sp³-hybridized carbons (Fsp3) is 0.556. The molecule has 114 valence electrons. The molecule has 1 aromatic carbocycles. The summed E-state index contributed by atoms with van der Waals surface area (Å²) in [6, 6.07) is 11.7. The van der Waals surface area contributed by atoms with Crippen molar-refractivity contribution in [2.45, 2.75) is 31.3 Å². The van der Waals surface area contributed by atoms with Crippen molar-refractivity contribution in [1.29, 1.82) is 0 Å². The standard InChI is InChI=1S/C18H27N3/c19-17-8-13-21(14-9-17)18-10-12-20(15-18)11-4-7-16-5-2-1-3-6-16/h1-7,17-18H,8-15,19H2/b7-4+. The highest BCUT2D eigenvalue weighted by Crippen LogP contribution is 2.19. The first-order valence-electron chi connectivity index (χ1n) is 8.25.